The topological polar surface area (TPSA) is 68.0 Å². The van der Waals surface area contributed by atoms with Crippen molar-refractivity contribution >= 4 is 22.5 Å². The van der Waals surface area contributed by atoms with Gasteiger partial charge in [0.05, 0.1) is 5.52 Å². The van der Waals surface area contributed by atoms with Gasteiger partial charge in [-0.2, -0.15) is 0 Å². The van der Waals surface area contributed by atoms with Gasteiger partial charge < -0.3 is 11.1 Å². The highest BCUT2D eigenvalue weighted by molar-refractivity contribution is 5.99. The Morgan fingerprint density at radius 2 is 2.18 bits per heavy atom. The van der Waals surface area contributed by atoms with Crippen molar-refractivity contribution in [1.29, 1.82) is 0 Å². The molecule has 0 unspecified atom stereocenters. The highest BCUT2D eigenvalue weighted by atomic mass is 16.1. The minimum Gasteiger partial charge on any atom is -0.398 e. The second-order valence-corrected chi connectivity index (χ2v) is 3.87. The summed E-state index contributed by atoms with van der Waals surface area (Å²) in [4.78, 5) is 16.1. The molecule has 17 heavy (non-hydrogen) atoms. The van der Waals surface area contributed by atoms with Gasteiger partial charge in [-0.05, 0) is 18.6 Å². The number of anilines is 1. The third kappa shape index (κ3) is 2.36. The summed E-state index contributed by atoms with van der Waals surface area (Å²) in [5, 5.41) is 3.66. The van der Waals surface area contributed by atoms with Crippen LogP contribution in [0.3, 0.4) is 0 Å². The van der Waals surface area contributed by atoms with Crippen LogP contribution in [-0.2, 0) is 0 Å². The molecular formula is C13H15N3O. The molecule has 0 aliphatic carbocycles. The normalized spacial score (nSPS) is 10.4. The zero-order chi connectivity index (χ0) is 12.3. The summed E-state index contributed by atoms with van der Waals surface area (Å²) in [6.07, 6.45) is 0.898. The van der Waals surface area contributed by atoms with Crippen LogP contribution in [0.1, 0.15) is 23.8 Å². The van der Waals surface area contributed by atoms with E-state index in [1.807, 2.05) is 31.2 Å². The van der Waals surface area contributed by atoms with E-state index in [0.29, 0.717) is 17.9 Å². The Morgan fingerprint density at radius 1 is 1.41 bits per heavy atom. The minimum absolute atomic E-state index is 0.177. The van der Waals surface area contributed by atoms with E-state index in [0.717, 1.165) is 17.3 Å². The zero-order valence-corrected chi connectivity index (χ0v) is 9.73. The Hall–Kier alpha value is -2.10. The highest BCUT2D eigenvalue weighted by Crippen LogP contribution is 2.19. The highest BCUT2D eigenvalue weighted by Gasteiger charge is 2.09. The van der Waals surface area contributed by atoms with Gasteiger partial charge in [-0.3, -0.25) is 4.79 Å². The van der Waals surface area contributed by atoms with E-state index in [4.69, 9.17) is 5.73 Å². The molecule has 2 rings (SSSR count). The Labute approximate surface area is 99.8 Å². The van der Waals surface area contributed by atoms with Crippen molar-refractivity contribution in [1.82, 2.24) is 10.3 Å². The van der Waals surface area contributed by atoms with E-state index in [9.17, 15) is 4.79 Å². The van der Waals surface area contributed by atoms with Crippen LogP contribution in [0.15, 0.2) is 30.3 Å². The van der Waals surface area contributed by atoms with E-state index in [2.05, 4.69) is 10.3 Å². The van der Waals surface area contributed by atoms with Crippen LogP contribution in [0, 0.1) is 0 Å². The molecule has 0 saturated heterocycles. The summed E-state index contributed by atoms with van der Waals surface area (Å²) in [5.41, 5.74) is 7.60. The second kappa shape index (κ2) is 4.82. The molecule has 2 aromatic rings. The quantitative estimate of drug-likeness (QED) is 0.845. The monoisotopic (exact) mass is 229 g/mol. The molecule has 0 spiro atoms. The van der Waals surface area contributed by atoms with Gasteiger partial charge in [0.2, 0.25) is 0 Å². The smallest absolute Gasteiger partial charge is 0.269 e. The largest absolute Gasteiger partial charge is 0.398 e. The van der Waals surface area contributed by atoms with E-state index >= 15 is 0 Å². The Bertz CT molecular complexity index is 551. The number of benzene rings is 1. The summed E-state index contributed by atoms with van der Waals surface area (Å²) in [7, 11) is 0. The summed E-state index contributed by atoms with van der Waals surface area (Å²) in [5.74, 6) is -0.177. The zero-order valence-electron chi connectivity index (χ0n) is 9.73. The van der Waals surface area contributed by atoms with E-state index in [-0.39, 0.29) is 5.91 Å². The number of fused-ring (bicyclic) bond motifs is 1. The van der Waals surface area contributed by atoms with Gasteiger partial charge in [0.25, 0.3) is 5.91 Å². The van der Waals surface area contributed by atoms with Crippen LogP contribution in [-0.4, -0.2) is 17.4 Å². The van der Waals surface area contributed by atoms with Crippen molar-refractivity contribution in [3.05, 3.63) is 36.0 Å². The van der Waals surface area contributed by atoms with Gasteiger partial charge in [0.1, 0.15) is 5.69 Å². The number of rotatable bonds is 3. The van der Waals surface area contributed by atoms with Crippen molar-refractivity contribution in [2.45, 2.75) is 13.3 Å². The number of aromatic nitrogens is 1. The molecule has 0 aliphatic rings. The maximum absolute atomic E-state index is 11.8. The van der Waals surface area contributed by atoms with Gasteiger partial charge in [-0.25, -0.2) is 4.98 Å². The third-order valence-electron chi connectivity index (χ3n) is 2.52. The predicted molar refractivity (Wildman–Crippen MR) is 68.8 cm³/mol. The Morgan fingerprint density at radius 3 is 2.94 bits per heavy atom. The maximum atomic E-state index is 11.8. The summed E-state index contributed by atoms with van der Waals surface area (Å²) < 4.78 is 0. The molecule has 1 amide bonds. The molecule has 4 nitrogen and oxygen atoms in total. The fourth-order valence-electron chi connectivity index (χ4n) is 1.65. The Kier molecular flexibility index (Phi) is 3.23. The average molecular weight is 229 g/mol. The molecule has 1 aromatic heterocycles. The molecule has 0 saturated carbocycles. The average Bonchev–Trinajstić information content (AvgIpc) is 2.36. The van der Waals surface area contributed by atoms with Crippen LogP contribution in [0.2, 0.25) is 0 Å². The number of hydrogen-bond acceptors (Lipinski definition) is 3. The lowest BCUT2D eigenvalue weighted by Gasteiger charge is -2.06. The second-order valence-electron chi connectivity index (χ2n) is 3.87. The van der Waals surface area contributed by atoms with Crippen LogP contribution >= 0.6 is 0 Å². The molecule has 0 radical (unpaired) electrons. The Balaban J connectivity index is 2.39. The van der Waals surface area contributed by atoms with Crippen LogP contribution in [0.4, 0.5) is 5.69 Å². The van der Waals surface area contributed by atoms with Crippen LogP contribution < -0.4 is 11.1 Å². The molecular weight excluding hydrogens is 214 g/mol. The predicted octanol–water partition coefficient (Wildman–Crippen LogP) is 1.96. The van der Waals surface area contributed by atoms with Gasteiger partial charge in [-0.1, -0.05) is 25.1 Å². The number of nitrogens with two attached hydrogens (primary N) is 1. The number of carbonyl (C=O) groups excluding carboxylic acids is 1. The van der Waals surface area contributed by atoms with Crippen LogP contribution in [0.5, 0.6) is 0 Å². The molecule has 88 valence electrons. The lowest BCUT2D eigenvalue weighted by atomic mass is 10.1. The number of nitrogens with one attached hydrogen (secondary N) is 1. The van der Waals surface area contributed by atoms with Crippen molar-refractivity contribution in [2.24, 2.45) is 0 Å². The van der Waals surface area contributed by atoms with Crippen molar-refractivity contribution in [2.75, 3.05) is 12.3 Å². The van der Waals surface area contributed by atoms with Gasteiger partial charge in [0.15, 0.2) is 0 Å². The first-order valence-corrected chi connectivity index (χ1v) is 5.66. The molecule has 0 bridgehead atoms. The lowest BCUT2D eigenvalue weighted by molar-refractivity contribution is 0.0949. The van der Waals surface area contributed by atoms with Gasteiger partial charge in [0, 0.05) is 17.6 Å². The van der Waals surface area contributed by atoms with Crippen molar-refractivity contribution in [3.8, 4) is 0 Å². The summed E-state index contributed by atoms with van der Waals surface area (Å²) in [6.45, 7) is 2.65. The maximum Gasteiger partial charge on any atom is 0.269 e. The molecule has 1 heterocycles. The number of hydrogen-bond donors (Lipinski definition) is 2. The van der Waals surface area contributed by atoms with Crippen LogP contribution in [0.25, 0.3) is 10.9 Å². The number of pyridine rings is 1. The number of nitrogens with zero attached hydrogens (tertiary/aromatic N) is 1. The fraction of sp³-hybridized carbons (Fsp3) is 0.231. The van der Waals surface area contributed by atoms with Crippen molar-refractivity contribution < 1.29 is 4.79 Å². The lowest BCUT2D eigenvalue weighted by Crippen LogP contribution is -2.25. The first-order valence-electron chi connectivity index (χ1n) is 5.66. The van der Waals surface area contributed by atoms with E-state index < -0.39 is 0 Å². The number of amides is 1. The SMILES string of the molecule is CCCNC(=O)c1cc(N)c2ccccc2n1. The molecule has 3 N–H and O–H groups in total. The third-order valence-corrected chi connectivity index (χ3v) is 2.52. The summed E-state index contributed by atoms with van der Waals surface area (Å²) >= 11 is 0. The first kappa shape index (κ1) is 11.4. The minimum atomic E-state index is -0.177. The standard InChI is InChI=1S/C13H15N3O/c1-2-7-15-13(17)12-8-10(14)9-5-3-4-6-11(9)16-12/h3-6,8H,2,7H2,1H3,(H2,14,16)(H,15,17). The molecule has 1 aromatic carbocycles. The number of para-hydroxylation sites is 1. The molecule has 0 aliphatic heterocycles. The van der Waals surface area contributed by atoms with E-state index in [1.165, 1.54) is 0 Å². The molecule has 0 atom stereocenters. The molecule has 0 fully saturated rings. The van der Waals surface area contributed by atoms with Crippen molar-refractivity contribution in [3.63, 3.8) is 0 Å². The summed E-state index contributed by atoms with van der Waals surface area (Å²) in [6, 6.07) is 9.14. The molecule has 4 heteroatoms. The van der Waals surface area contributed by atoms with Gasteiger partial charge in [-0.15, -0.1) is 0 Å². The first-order chi connectivity index (χ1) is 8.22. The number of carbonyl (C=O) groups is 1. The number of nitrogen functional groups attached to an aromatic ring is 1. The van der Waals surface area contributed by atoms with E-state index in [1.54, 1.807) is 6.07 Å². The fourth-order valence-corrected chi connectivity index (χ4v) is 1.65. The van der Waals surface area contributed by atoms with Gasteiger partial charge >= 0.3 is 0 Å².